The number of hydrogen-bond donors (Lipinski definition) is 2. The van der Waals surface area contributed by atoms with Gasteiger partial charge in [-0.25, -0.2) is 0 Å². The molecule has 4 nitrogen and oxygen atoms in total. The molecule has 5 heteroatoms. The SMILES string of the molecule is Cl.NC1(C(=O)NCc2ccc(COc3ccccc3)cc2)CCCCC1. The molecule has 0 aliphatic heterocycles. The molecule has 0 bridgehead atoms. The van der Waals surface area contributed by atoms with Crippen LogP contribution in [0.15, 0.2) is 54.6 Å². The van der Waals surface area contributed by atoms with Gasteiger partial charge in [-0.15, -0.1) is 12.4 Å². The van der Waals surface area contributed by atoms with Crippen LogP contribution in [0.3, 0.4) is 0 Å². The van der Waals surface area contributed by atoms with Crippen molar-refractivity contribution < 1.29 is 9.53 Å². The summed E-state index contributed by atoms with van der Waals surface area (Å²) in [6.07, 6.45) is 4.84. The summed E-state index contributed by atoms with van der Waals surface area (Å²) in [6, 6.07) is 17.9. The normalized spacial score (nSPS) is 15.6. The number of nitrogens with one attached hydrogen (secondary N) is 1. The average Bonchev–Trinajstić information content (AvgIpc) is 2.66. The van der Waals surface area contributed by atoms with Gasteiger partial charge in [0.1, 0.15) is 12.4 Å². The molecule has 1 saturated carbocycles. The molecule has 2 aromatic carbocycles. The molecule has 1 aliphatic carbocycles. The van der Waals surface area contributed by atoms with E-state index in [1.165, 1.54) is 6.42 Å². The van der Waals surface area contributed by atoms with Crippen molar-refractivity contribution >= 4 is 18.3 Å². The van der Waals surface area contributed by atoms with Crippen molar-refractivity contribution in [3.05, 3.63) is 65.7 Å². The summed E-state index contributed by atoms with van der Waals surface area (Å²) in [7, 11) is 0. The molecule has 2 aromatic rings. The summed E-state index contributed by atoms with van der Waals surface area (Å²) in [5.74, 6) is 0.836. The molecule has 140 valence electrons. The number of carbonyl (C=O) groups is 1. The van der Waals surface area contributed by atoms with Crippen LogP contribution in [0, 0.1) is 0 Å². The minimum absolute atomic E-state index is 0. The van der Waals surface area contributed by atoms with E-state index < -0.39 is 5.54 Å². The second-order valence-corrected chi connectivity index (χ2v) is 6.82. The smallest absolute Gasteiger partial charge is 0.240 e. The minimum Gasteiger partial charge on any atom is -0.489 e. The first-order valence-electron chi connectivity index (χ1n) is 8.99. The van der Waals surface area contributed by atoms with Crippen LogP contribution in [0.1, 0.15) is 43.2 Å². The molecule has 0 aromatic heterocycles. The number of ether oxygens (including phenoxy) is 1. The fourth-order valence-corrected chi connectivity index (χ4v) is 3.20. The Kier molecular flexibility index (Phi) is 7.49. The molecule has 1 amide bonds. The Labute approximate surface area is 161 Å². The summed E-state index contributed by atoms with van der Waals surface area (Å²) in [5, 5.41) is 2.99. The van der Waals surface area contributed by atoms with E-state index in [2.05, 4.69) is 5.32 Å². The van der Waals surface area contributed by atoms with Gasteiger partial charge < -0.3 is 15.8 Å². The molecule has 0 heterocycles. The largest absolute Gasteiger partial charge is 0.489 e. The minimum atomic E-state index is -0.679. The van der Waals surface area contributed by atoms with E-state index in [9.17, 15) is 4.79 Å². The molecule has 0 radical (unpaired) electrons. The van der Waals surface area contributed by atoms with Gasteiger partial charge in [0.25, 0.3) is 0 Å². The highest BCUT2D eigenvalue weighted by Gasteiger charge is 2.34. The van der Waals surface area contributed by atoms with E-state index in [4.69, 9.17) is 10.5 Å². The van der Waals surface area contributed by atoms with Crippen molar-refractivity contribution in [2.24, 2.45) is 5.73 Å². The van der Waals surface area contributed by atoms with Crippen LogP contribution in [0.4, 0.5) is 0 Å². The van der Waals surface area contributed by atoms with Crippen LogP contribution in [-0.4, -0.2) is 11.4 Å². The predicted octanol–water partition coefficient (Wildman–Crippen LogP) is 3.97. The maximum Gasteiger partial charge on any atom is 0.240 e. The zero-order valence-corrected chi connectivity index (χ0v) is 15.8. The first-order chi connectivity index (χ1) is 12.2. The Morgan fingerprint density at radius 1 is 0.962 bits per heavy atom. The Balaban J connectivity index is 0.00000243. The van der Waals surface area contributed by atoms with Gasteiger partial charge in [-0.2, -0.15) is 0 Å². The van der Waals surface area contributed by atoms with Crippen LogP contribution in [0.25, 0.3) is 0 Å². The van der Waals surface area contributed by atoms with Crippen molar-refractivity contribution in [3.8, 4) is 5.75 Å². The lowest BCUT2D eigenvalue weighted by Crippen LogP contribution is -2.54. The van der Waals surface area contributed by atoms with Crippen LogP contribution in [0.5, 0.6) is 5.75 Å². The van der Waals surface area contributed by atoms with E-state index in [0.29, 0.717) is 13.2 Å². The van der Waals surface area contributed by atoms with E-state index in [0.717, 1.165) is 42.6 Å². The molecule has 26 heavy (non-hydrogen) atoms. The maximum absolute atomic E-state index is 12.4. The molecule has 0 unspecified atom stereocenters. The third-order valence-electron chi connectivity index (χ3n) is 4.82. The Morgan fingerprint density at radius 3 is 2.23 bits per heavy atom. The zero-order chi connectivity index (χ0) is 17.5. The van der Waals surface area contributed by atoms with Crippen LogP contribution >= 0.6 is 12.4 Å². The third-order valence-corrected chi connectivity index (χ3v) is 4.82. The lowest BCUT2D eigenvalue weighted by Gasteiger charge is -2.31. The van der Waals surface area contributed by atoms with Gasteiger partial charge in [0.05, 0.1) is 5.54 Å². The summed E-state index contributed by atoms with van der Waals surface area (Å²) in [4.78, 5) is 12.4. The van der Waals surface area contributed by atoms with E-state index in [1.54, 1.807) is 0 Å². The summed E-state index contributed by atoms with van der Waals surface area (Å²) in [6.45, 7) is 1.04. The molecule has 1 aliphatic rings. The number of hydrogen-bond acceptors (Lipinski definition) is 3. The van der Waals surface area contributed by atoms with E-state index in [-0.39, 0.29) is 18.3 Å². The number of carbonyl (C=O) groups excluding carboxylic acids is 1. The summed E-state index contributed by atoms with van der Waals surface area (Å²) >= 11 is 0. The highest BCUT2D eigenvalue weighted by Crippen LogP contribution is 2.26. The highest BCUT2D eigenvalue weighted by molar-refractivity contribution is 5.86. The number of halogens is 1. The summed E-state index contributed by atoms with van der Waals surface area (Å²) in [5.41, 5.74) is 7.74. The van der Waals surface area contributed by atoms with Gasteiger partial charge in [-0.05, 0) is 36.1 Å². The second kappa shape index (κ2) is 9.60. The average molecular weight is 375 g/mol. The molecule has 3 rings (SSSR count). The van der Waals surface area contributed by atoms with Crippen molar-refractivity contribution in [1.82, 2.24) is 5.32 Å². The summed E-state index contributed by atoms with van der Waals surface area (Å²) < 4.78 is 5.74. The van der Waals surface area contributed by atoms with Gasteiger partial charge >= 0.3 is 0 Å². The number of rotatable bonds is 6. The first kappa shape index (κ1) is 20.3. The van der Waals surface area contributed by atoms with Crippen LogP contribution in [0.2, 0.25) is 0 Å². The monoisotopic (exact) mass is 374 g/mol. The van der Waals surface area contributed by atoms with Gasteiger partial charge in [-0.1, -0.05) is 61.7 Å². The number of amides is 1. The number of para-hydroxylation sites is 1. The lowest BCUT2D eigenvalue weighted by atomic mass is 9.82. The Morgan fingerprint density at radius 2 is 1.58 bits per heavy atom. The van der Waals surface area contributed by atoms with Crippen molar-refractivity contribution in [3.63, 3.8) is 0 Å². The van der Waals surface area contributed by atoms with Crippen molar-refractivity contribution in [2.45, 2.75) is 50.8 Å². The second-order valence-electron chi connectivity index (χ2n) is 6.82. The van der Waals surface area contributed by atoms with Gasteiger partial charge in [0.2, 0.25) is 5.91 Å². The molecule has 0 saturated heterocycles. The van der Waals surface area contributed by atoms with Gasteiger partial charge in [-0.3, -0.25) is 4.79 Å². The Hall–Kier alpha value is -2.04. The molecular weight excluding hydrogens is 348 g/mol. The standard InChI is InChI=1S/C21H26N2O2.ClH/c22-21(13-5-2-6-14-21)20(24)23-15-17-9-11-18(12-10-17)16-25-19-7-3-1-4-8-19;/h1,3-4,7-12H,2,5-6,13-16,22H2,(H,23,24);1H. The lowest BCUT2D eigenvalue weighted by molar-refractivity contribution is -0.127. The van der Waals surface area contributed by atoms with E-state index >= 15 is 0 Å². The third kappa shape index (κ3) is 5.48. The molecule has 3 N–H and O–H groups in total. The highest BCUT2D eigenvalue weighted by atomic mass is 35.5. The first-order valence-corrected chi connectivity index (χ1v) is 8.99. The zero-order valence-electron chi connectivity index (χ0n) is 14.9. The maximum atomic E-state index is 12.4. The quantitative estimate of drug-likeness (QED) is 0.804. The number of benzene rings is 2. The van der Waals surface area contributed by atoms with Gasteiger partial charge in [0.15, 0.2) is 0 Å². The van der Waals surface area contributed by atoms with Crippen LogP contribution < -0.4 is 15.8 Å². The van der Waals surface area contributed by atoms with Crippen molar-refractivity contribution in [2.75, 3.05) is 0 Å². The molecule has 1 fully saturated rings. The topological polar surface area (TPSA) is 64.4 Å². The fraction of sp³-hybridized carbons (Fsp3) is 0.381. The molecular formula is C21H27ClN2O2. The fourth-order valence-electron chi connectivity index (χ4n) is 3.20. The van der Waals surface area contributed by atoms with Crippen molar-refractivity contribution in [1.29, 1.82) is 0 Å². The van der Waals surface area contributed by atoms with Crippen LogP contribution in [-0.2, 0) is 17.9 Å². The number of nitrogens with two attached hydrogens (primary N) is 1. The molecule has 0 atom stereocenters. The Bertz CT molecular complexity index is 683. The predicted molar refractivity (Wildman–Crippen MR) is 106 cm³/mol. The van der Waals surface area contributed by atoms with E-state index in [1.807, 2.05) is 54.6 Å². The van der Waals surface area contributed by atoms with Gasteiger partial charge in [0, 0.05) is 6.54 Å². The molecule has 0 spiro atoms.